The van der Waals surface area contributed by atoms with Crippen molar-refractivity contribution in [1.29, 1.82) is 0 Å². The molecule has 0 rings (SSSR count). The second kappa shape index (κ2) is 3.52. The van der Waals surface area contributed by atoms with Crippen LogP contribution in [0.4, 0.5) is 39.5 Å². The monoisotopic (exact) mass is 262 g/mol. The molecule has 0 N–H and O–H groups in total. The largest absolute Gasteiger partial charge is 0.460 e. The summed E-state index contributed by atoms with van der Waals surface area (Å²) in [6.45, 7) is -0.222. The second-order valence-corrected chi connectivity index (χ2v) is 2.78. The van der Waals surface area contributed by atoms with E-state index in [1.165, 1.54) is 0 Å². The van der Waals surface area contributed by atoms with Crippen LogP contribution in [-0.2, 0) is 4.79 Å². The molecule has 0 radical (unpaired) electrons. The van der Waals surface area contributed by atoms with Crippen LogP contribution in [0.25, 0.3) is 0 Å². The first-order valence-corrected chi connectivity index (χ1v) is 3.40. The molecule has 0 saturated carbocycles. The van der Waals surface area contributed by atoms with Gasteiger partial charge in [0.15, 0.2) is 0 Å². The summed E-state index contributed by atoms with van der Waals surface area (Å²) in [6, 6.07) is 0. The number of rotatable bonds is 3. The Morgan fingerprint density at radius 3 is 1.25 bits per heavy atom. The van der Waals surface area contributed by atoms with Gasteiger partial charge in [0.1, 0.15) is 0 Å². The van der Waals surface area contributed by atoms with E-state index < -0.39 is 29.7 Å². The lowest BCUT2D eigenvalue weighted by atomic mass is 10.0. The van der Waals surface area contributed by atoms with Crippen LogP contribution in [0.2, 0.25) is 0 Å². The van der Waals surface area contributed by atoms with Gasteiger partial charge < -0.3 is 0 Å². The third-order valence-corrected chi connectivity index (χ3v) is 1.59. The predicted molar refractivity (Wildman–Crippen MR) is 31.6 cm³/mol. The molecule has 0 aliphatic rings. The Labute approximate surface area is 82.2 Å². The van der Waals surface area contributed by atoms with Crippen molar-refractivity contribution in [3.05, 3.63) is 0 Å². The van der Waals surface area contributed by atoms with Crippen molar-refractivity contribution in [1.82, 2.24) is 0 Å². The molecule has 0 heterocycles. The highest BCUT2D eigenvalue weighted by atomic mass is 19.4. The van der Waals surface area contributed by atoms with Gasteiger partial charge in [-0.05, 0) is 0 Å². The Morgan fingerprint density at radius 1 is 0.750 bits per heavy atom. The quantitative estimate of drug-likeness (QED) is 0.714. The van der Waals surface area contributed by atoms with E-state index in [4.69, 9.17) is 0 Å². The van der Waals surface area contributed by atoms with Crippen molar-refractivity contribution in [3.8, 4) is 0 Å². The lowest BCUT2D eigenvalue weighted by Crippen LogP contribution is -2.63. The molecule has 10 heteroatoms. The van der Waals surface area contributed by atoms with Crippen LogP contribution in [0.3, 0.4) is 0 Å². The van der Waals surface area contributed by atoms with E-state index in [1.807, 2.05) is 0 Å². The standard InChI is InChI=1S/C6H3F9O/c1-2(16)3(7,8)4(9,10)5(11,12)6(13,14)15/h1H3. The van der Waals surface area contributed by atoms with Gasteiger partial charge >= 0.3 is 23.9 Å². The first kappa shape index (κ1) is 15.0. The topological polar surface area (TPSA) is 17.1 Å². The number of alkyl halides is 9. The van der Waals surface area contributed by atoms with Gasteiger partial charge in [-0.3, -0.25) is 4.79 Å². The zero-order valence-corrected chi connectivity index (χ0v) is 7.31. The van der Waals surface area contributed by atoms with Crippen LogP contribution in [0.5, 0.6) is 0 Å². The van der Waals surface area contributed by atoms with Crippen LogP contribution in [0.15, 0.2) is 0 Å². The molecule has 0 amide bonds. The van der Waals surface area contributed by atoms with Crippen molar-refractivity contribution in [2.45, 2.75) is 30.9 Å². The molecule has 0 aliphatic carbocycles. The van der Waals surface area contributed by atoms with Gasteiger partial charge in [-0.15, -0.1) is 0 Å². The minimum Gasteiger partial charge on any atom is -0.293 e. The highest BCUT2D eigenvalue weighted by Crippen LogP contribution is 2.53. The maximum Gasteiger partial charge on any atom is 0.460 e. The van der Waals surface area contributed by atoms with Crippen molar-refractivity contribution >= 4 is 5.78 Å². The normalized spacial score (nSPS) is 15.1. The molecule has 0 aromatic heterocycles. The predicted octanol–water partition coefficient (Wildman–Crippen LogP) is 3.04. The minimum atomic E-state index is -7.00. The van der Waals surface area contributed by atoms with Gasteiger partial charge in [0, 0.05) is 6.92 Å². The van der Waals surface area contributed by atoms with E-state index in [9.17, 15) is 44.3 Å². The highest BCUT2D eigenvalue weighted by Gasteiger charge is 2.82. The third kappa shape index (κ3) is 1.84. The van der Waals surface area contributed by atoms with Crippen LogP contribution in [0, 0.1) is 0 Å². The molecular weight excluding hydrogens is 259 g/mol. The number of hydrogen-bond donors (Lipinski definition) is 0. The Morgan fingerprint density at radius 2 is 1.06 bits per heavy atom. The van der Waals surface area contributed by atoms with Crippen LogP contribution >= 0.6 is 0 Å². The molecular formula is C6H3F9O. The van der Waals surface area contributed by atoms with Crippen molar-refractivity contribution < 1.29 is 44.3 Å². The molecule has 0 spiro atoms. The number of halogens is 9. The van der Waals surface area contributed by atoms with Gasteiger partial charge in [0.05, 0.1) is 0 Å². The molecule has 0 fully saturated rings. The molecule has 0 aromatic rings. The van der Waals surface area contributed by atoms with E-state index in [-0.39, 0.29) is 6.92 Å². The first-order valence-electron chi connectivity index (χ1n) is 3.40. The average Bonchev–Trinajstić information content (AvgIpc) is 2.00. The summed E-state index contributed by atoms with van der Waals surface area (Å²) >= 11 is 0. The third-order valence-electron chi connectivity index (χ3n) is 1.59. The number of carbonyl (C=O) groups excluding carboxylic acids is 1. The SMILES string of the molecule is CC(=O)C(F)(F)C(F)(F)C(F)(F)C(F)(F)F. The molecule has 16 heavy (non-hydrogen) atoms. The number of ketones is 1. The summed E-state index contributed by atoms with van der Waals surface area (Å²) in [5.74, 6) is -22.7. The van der Waals surface area contributed by atoms with Crippen molar-refractivity contribution in [2.24, 2.45) is 0 Å². The fourth-order valence-electron chi connectivity index (χ4n) is 0.596. The number of carbonyl (C=O) groups is 1. The van der Waals surface area contributed by atoms with Gasteiger partial charge in [-0.25, -0.2) is 0 Å². The summed E-state index contributed by atoms with van der Waals surface area (Å²) < 4.78 is 108. The zero-order valence-electron chi connectivity index (χ0n) is 7.31. The van der Waals surface area contributed by atoms with Gasteiger partial charge in [-0.2, -0.15) is 39.5 Å². The average molecular weight is 262 g/mol. The van der Waals surface area contributed by atoms with E-state index in [0.717, 1.165) is 0 Å². The zero-order chi connectivity index (χ0) is 13.6. The lowest BCUT2D eigenvalue weighted by molar-refractivity contribution is -0.388. The van der Waals surface area contributed by atoms with E-state index in [1.54, 1.807) is 0 Å². The first-order chi connectivity index (χ1) is 6.69. The molecule has 0 atom stereocenters. The smallest absolute Gasteiger partial charge is 0.293 e. The van der Waals surface area contributed by atoms with E-state index in [0.29, 0.717) is 0 Å². The fourth-order valence-corrected chi connectivity index (χ4v) is 0.596. The molecule has 0 aliphatic heterocycles. The summed E-state index contributed by atoms with van der Waals surface area (Å²) in [6.07, 6.45) is -6.89. The molecule has 96 valence electrons. The lowest BCUT2D eigenvalue weighted by Gasteiger charge is -2.32. The van der Waals surface area contributed by atoms with E-state index in [2.05, 4.69) is 0 Å². The Kier molecular flexibility index (Phi) is 3.31. The summed E-state index contributed by atoms with van der Waals surface area (Å²) in [7, 11) is 0. The van der Waals surface area contributed by atoms with Crippen LogP contribution < -0.4 is 0 Å². The Bertz CT molecular complexity index is 289. The minimum absolute atomic E-state index is 0.222. The Balaban J connectivity index is 5.62. The van der Waals surface area contributed by atoms with E-state index >= 15 is 0 Å². The number of hydrogen-bond acceptors (Lipinski definition) is 1. The molecule has 1 nitrogen and oxygen atoms in total. The number of Topliss-reactive ketones (excluding diaryl/α,β-unsaturated/α-hetero) is 1. The molecule has 0 saturated heterocycles. The molecule has 0 unspecified atom stereocenters. The Hall–Kier alpha value is -0.960. The second-order valence-electron chi connectivity index (χ2n) is 2.78. The highest BCUT2D eigenvalue weighted by molar-refractivity contribution is 5.84. The van der Waals surface area contributed by atoms with Crippen molar-refractivity contribution in [2.75, 3.05) is 0 Å². The van der Waals surface area contributed by atoms with Crippen LogP contribution in [-0.4, -0.2) is 29.7 Å². The maximum absolute atomic E-state index is 12.3. The van der Waals surface area contributed by atoms with Gasteiger partial charge in [0.25, 0.3) is 0 Å². The summed E-state index contributed by atoms with van der Waals surface area (Å²) in [5.41, 5.74) is 0. The van der Waals surface area contributed by atoms with Crippen LogP contribution in [0.1, 0.15) is 6.92 Å². The summed E-state index contributed by atoms with van der Waals surface area (Å²) in [4.78, 5) is 9.96. The van der Waals surface area contributed by atoms with Gasteiger partial charge in [0.2, 0.25) is 5.78 Å². The fraction of sp³-hybridized carbons (Fsp3) is 0.833. The van der Waals surface area contributed by atoms with Gasteiger partial charge in [-0.1, -0.05) is 0 Å². The molecule has 0 bridgehead atoms. The van der Waals surface area contributed by atoms with Crippen molar-refractivity contribution in [3.63, 3.8) is 0 Å². The summed E-state index contributed by atoms with van der Waals surface area (Å²) in [5, 5.41) is 0. The molecule has 0 aromatic carbocycles. The maximum atomic E-state index is 12.3.